The van der Waals surface area contributed by atoms with Crippen LogP contribution >= 0.6 is 0 Å². The predicted octanol–water partition coefficient (Wildman–Crippen LogP) is 0.171. The van der Waals surface area contributed by atoms with Gasteiger partial charge in [-0.2, -0.15) is 0 Å². The average molecular weight is 192 g/mol. The van der Waals surface area contributed by atoms with Gasteiger partial charge in [-0.15, -0.1) is 0 Å². The molecule has 0 aliphatic heterocycles. The smallest absolute Gasteiger partial charge is 0.0745 e. The minimum atomic E-state index is -0.419. The predicted molar refractivity (Wildman–Crippen MR) is 49.6 cm³/mol. The SMILES string of the molecule is CC(O)CCOCCOCC(C)O. The molecule has 0 bridgehead atoms. The lowest BCUT2D eigenvalue weighted by molar-refractivity contribution is 0.00422. The fraction of sp³-hybridized carbons (Fsp3) is 1.00. The van der Waals surface area contributed by atoms with E-state index in [0.717, 1.165) is 0 Å². The Bertz CT molecular complexity index is 91.8. The van der Waals surface area contributed by atoms with Crippen LogP contribution in [0.15, 0.2) is 0 Å². The van der Waals surface area contributed by atoms with Crippen molar-refractivity contribution < 1.29 is 19.7 Å². The molecule has 0 aromatic carbocycles. The molecule has 0 fully saturated rings. The van der Waals surface area contributed by atoms with Crippen LogP contribution in [-0.2, 0) is 9.47 Å². The summed E-state index contributed by atoms with van der Waals surface area (Å²) >= 11 is 0. The van der Waals surface area contributed by atoms with E-state index in [0.29, 0.717) is 32.8 Å². The van der Waals surface area contributed by atoms with E-state index in [1.165, 1.54) is 0 Å². The van der Waals surface area contributed by atoms with Crippen LogP contribution in [0.25, 0.3) is 0 Å². The Kier molecular flexibility index (Phi) is 8.33. The van der Waals surface area contributed by atoms with E-state index in [4.69, 9.17) is 19.7 Å². The zero-order valence-electron chi connectivity index (χ0n) is 8.40. The van der Waals surface area contributed by atoms with Crippen molar-refractivity contribution >= 4 is 0 Å². The number of aliphatic hydroxyl groups excluding tert-OH is 2. The highest BCUT2D eigenvalue weighted by Crippen LogP contribution is 1.90. The number of rotatable bonds is 8. The van der Waals surface area contributed by atoms with Gasteiger partial charge in [0.25, 0.3) is 0 Å². The molecule has 0 aliphatic rings. The van der Waals surface area contributed by atoms with Gasteiger partial charge in [-0.25, -0.2) is 0 Å². The zero-order valence-corrected chi connectivity index (χ0v) is 8.40. The monoisotopic (exact) mass is 192 g/mol. The van der Waals surface area contributed by atoms with Crippen LogP contribution in [0.2, 0.25) is 0 Å². The third kappa shape index (κ3) is 11.8. The van der Waals surface area contributed by atoms with Gasteiger partial charge >= 0.3 is 0 Å². The molecule has 0 radical (unpaired) electrons. The molecule has 2 N–H and O–H groups in total. The fourth-order valence-electron chi connectivity index (χ4n) is 0.728. The third-order valence-corrected chi connectivity index (χ3v) is 1.41. The normalized spacial score (nSPS) is 15.7. The molecule has 2 atom stereocenters. The number of hydrogen-bond donors (Lipinski definition) is 2. The van der Waals surface area contributed by atoms with Gasteiger partial charge in [0.05, 0.1) is 32.0 Å². The van der Waals surface area contributed by atoms with Gasteiger partial charge in [0.15, 0.2) is 0 Å². The summed E-state index contributed by atoms with van der Waals surface area (Å²) in [5.41, 5.74) is 0. The van der Waals surface area contributed by atoms with Crippen LogP contribution < -0.4 is 0 Å². The van der Waals surface area contributed by atoms with Gasteiger partial charge in [-0.3, -0.25) is 0 Å². The van der Waals surface area contributed by atoms with Crippen molar-refractivity contribution in [1.82, 2.24) is 0 Å². The summed E-state index contributed by atoms with van der Waals surface area (Å²) < 4.78 is 10.2. The first-order chi connectivity index (χ1) is 6.13. The van der Waals surface area contributed by atoms with Gasteiger partial charge in [-0.1, -0.05) is 0 Å². The molecule has 4 heteroatoms. The molecule has 4 nitrogen and oxygen atoms in total. The second-order valence-corrected chi connectivity index (χ2v) is 3.17. The summed E-state index contributed by atoms with van der Waals surface area (Å²) in [6, 6.07) is 0. The average Bonchev–Trinajstić information content (AvgIpc) is 2.01. The summed E-state index contributed by atoms with van der Waals surface area (Å²) in [6.07, 6.45) is -0.0769. The van der Waals surface area contributed by atoms with Gasteiger partial charge in [-0.05, 0) is 20.3 Å². The van der Waals surface area contributed by atoms with Crippen LogP contribution in [0.1, 0.15) is 20.3 Å². The van der Waals surface area contributed by atoms with Crippen LogP contribution in [0.5, 0.6) is 0 Å². The van der Waals surface area contributed by atoms with E-state index in [1.54, 1.807) is 13.8 Å². The Morgan fingerprint density at radius 2 is 1.54 bits per heavy atom. The molecule has 0 rings (SSSR count). The molecule has 13 heavy (non-hydrogen) atoms. The molecular weight excluding hydrogens is 172 g/mol. The molecule has 2 unspecified atom stereocenters. The second kappa shape index (κ2) is 8.44. The maximum Gasteiger partial charge on any atom is 0.0745 e. The van der Waals surface area contributed by atoms with Crippen molar-refractivity contribution in [2.45, 2.75) is 32.5 Å². The van der Waals surface area contributed by atoms with Crippen molar-refractivity contribution in [2.75, 3.05) is 26.4 Å². The first kappa shape index (κ1) is 12.8. The van der Waals surface area contributed by atoms with Gasteiger partial charge in [0.1, 0.15) is 0 Å². The summed E-state index contributed by atoms with van der Waals surface area (Å²) in [6.45, 7) is 5.31. The Morgan fingerprint density at radius 1 is 0.923 bits per heavy atom. The van der Waals surface area contributed by atoms with E-state index in [1.807, 2.05) is 0 Å². The fourth-order valence-corrected chi connectivity index (χ4v) is 0.728. The molecule has 0 saturated heterocycles. The van der Waals surface area contributed by atoms with Crippen LogP contribution in [0.4, 0.5) is 0 Å². The molecule has 0 aromatic heterocycles. The van der Waals surface area contributed by atoms with Crippen LogP contribution in [0.3, 0.4) is 0 Å². The van der Waals surface area contributed by atoms with Crippen molar-refractivity contribution in [3.63, 3.8) is 0 Å². The topological polar surface area (TPSA) is 58.9 Å². The Labute approximate surface area is 79.5 Å². The van der Waals surface area contributed by atoms with Gasteiger partial charge in [0, 0.05) is 6.61 Å². The standard InChI is InChI=1S/C9H20O4/c1-8(10)3-4-12-5-6-13-7-9(2)11/h8-11H,3-7H2,1-2H3. The van der Waals surface area contributed by atoms with E-state index in [2.05, 4.69) is 0 Å². The quantitative estimate of drug-likeness (QED) is 0.538. The summed E-state index contributed by atoms with van der Waals surface area (Å²) in [5.74, 6) is 0. The maximum absolute atomic E-state index is 8.88. The molecule has 0 heterocycles. The van der Waals surface area contributed by atoms with Crippen molar-refractivity contribution in [3.05, 3.63) is 0 Å². The lowest BCUT2D eigenvalue weighted by Crippen LogP contribution is -2.14. The van der Waals surface area contributed by atoms with Crippen molar-refractivity contribution in [1.29, 1.82) is 0 Å². The van der Waals surface area contributed by atoms with Gasteiger partial charge in [0.2, 0.25) is 0 Å². The van der Waals surface area contributed by atoms with E-state index < -0.39 is 6.10 Å². The Morgan fingerprint density at radius 3 is 2.08 bits per heavy atom. The second-order valence-electron chi connectivity index (χ2n) is 3.17. The maximum atomic E-state index is 8.88. The minimum Gasteiger partial charge on any atom is -0.393 e. The molecular formula is C9H20O4. The molecule has 0 saturated carbocycles. The minimum absolute atomic E-state index is 0.307. The first-order valence-electron chi connectivity index (χ1n) is 4.64. The molecule has 0 aromatic rings. The van der Waals surface area contributed by atoms with Crippen molar-refractivity contribution in [2.24, 2.45) is 0 Å². The van der Waals surface area contributed by atoms with Crippen LogP contribution in [-0.4, -0.2) is 48.8 Å². The molecule has 0 spiro atoms. The Hall–Kier alpha value is -0.160. The molecule has 0 amide bonds. The Balaban J connectivity index is 2.92. The van der Waals surface area contributed by atoms with Crippen molar-refractivity contribution in [3.8, 4) is 0 Å². The largest absolute Gasteiger partial charge is 0.393 e. The van der Waals surface area contributed by atoms with Gasteiger partial charge < -0.3 is 19.7 Å². The number of aliphatic hydroxyl groups is 2. The highest BCUT2D eigenvalue weighted by atomic mass is 16.5. The highest BCUT2D eigenvalue weighted by molar-refractivity contribution is 4.45. The van der Waals surface area contributed by atoms with E-state index in [9.17, 15) is 0 Å². The molecule has 80 valence electrons. The van der Waals surface area contributed by atoms with E-state index in [-0.39, 0.29) is 6.10 Å². The molecule has 0 aliphatic carbocycles. The summed E-state index contributed by atoms with van der Waals surface area (Å²) in [4.78, 5) is 0. The summed E-state index contributed by atoms with van der Waals surface area (Å²) in [7, 11) is 0. The summed E-state index contributed by atoms with van der Waals surface area (Å²) in [5, 5.41) is 17.7. The lowest BCUT2D eigenvalue weighted by Gasteiger charge is -2.07. The highest BCUT2D eigenvalue weighted by Gasteiger charge is 1.96. The van der Waals surface area contributed by atoms with E-state index >= 15 is 0 Å². The van der Waals surface area contributed by atoms with Crippen LogP contribution in [0, 0.1) is 0 Å². The first-order valence-corrected chi connectivity index (χ1v) is 4.64. The third-order valence-electron chi connectivity index (χ3n) is 1.41. The number of hydrogen-bond acceptors (Lipinski definition) is 4. The lowest BCUT2D eigenvalue weighted by atomic mass is 10.3. The number of ether oxygens (including phenoxy) is 2. The zero-order chi connectivity index (χ0) is 10.1.